The van der Waals surface area contributed by atoms with Crippen molar-refractivity contribution < 1.29 is 13.6 Å². The van der Waals surface area contributed by atoms with E-state index in [2.05, 4.69) is 16.4 Å². The first-order valence-electron chi connectivity index (χ1n) is 8.12. The molecule has 132 valence electrons. The van der Waals surface area contributed by atoms with Crippen LogP contribution in [0.3, 0.4) is 0 Å². The van der Waals surface area contributed by atoms with Crippen LogP contribution in [-0.4, -0.2) is 39.0 Å². The number of imidazole rings is 1. The maximum atomic E-state index is 12.9. The minimum Gasteiger partial charge on any atom is -0.336 e. The first kappa shape index (κ1) is 18.3. The van der Waals surface area contributed by atoms with Crippen molar-refractivity contribution >= 4 is 5.91 Å². The van der Waals surface area contributed by atoms with Crippen molar-refractivity contribution in [2.75, 3.05) is 7.05 Å². The molecule has 1 saturated carbocycles. The molecule has 1 aliphatic carbocycles. The molecule has 0 spiro atoms. The highest BCUT2D eigenvalue weighted by molar-refractivity contribution is 5.82. The van der Waals surface area contributed by atoms with Gasteiger partial charge in [-0.25, -0.2) is 4.98 Å². The Morgan fingerprint density at radius 1 is 1.50 bits per heavy atom. The fourth-order valence-corrected chi connectivity index (χ4v) is 2.96. The summed E-state index contributed by atoms with van der Waals surface area (Å²) in [5.74, 6) is -0.0732. The van der Waals surface area contributed by atoms with Gasteiger partial charge in [0.05, 0.1) is 18.7 Å². The summed E-state index contributed by atoms with van der Waals surface area (Å²) in [6.07, 6.45) is 6.75. The third-order valence-corrected chi connectivity index (χ3v) is 4.67. The van der Waals surface area contributed by atoms with Crippen LogP contribution in [0.2, 0.25) is 0 Å². The van der Waals surface area contributed by atoms with Gasteiger partial charge in [0.2, 0.25) is 5.91 Å². The van der Waals surface area contributed by atoms with Crippen LogP contribution in [0.15, 0.2) is 12.4 Å². The van der Waals surface area contributed by atoms with Gasteiger partial charge in [-0.1, -0.05) is 19.3 Å². The minimum atomic E-state index is -2.66. The Labute approximate surface area is 140 Å². The number of amides is 1. The van der Waals surface area contributed by atoms with Crippen LogP contribution in [0.4, 0.5) is 8.78 Å². The summed E-state index contributed by atoms with van der Waals surface area (Å²) < 4.78 is 26.5. The van der Waals surface area contributed by atoms with Gasteiger partial charge in [-0.3, -0.25) is 14.3 Å². The summed E-state index contributed by atoms with van der Waals surface area (Å²) in [6, 6.07) is 1.69. The number of aromatic nitrogens is 2. The van der Waals surface area contributed by atoms with Gasteiger partial charge in [0.25, 0.3) is 0 Å². The number of halogens is 2. The summed E-state index contributed by atoms with van der Waals surface area (Å²) in [7, 11) is 1.68. The van der Waals surface area contributed by atoms with Crippen molar-refractivity contribution in [1.29, 1.82) is 5.26 Å². The fraction of sp³-hybridized carbons (Fsp3) is 0.688. The zero-order valence-electron chi connectivity index (χ0n) is 14.0. The van der Waals surface area contributed by atoms with Crippen LogP contribution in [-0.2, 0) is 11.3 Å². The molecule has 1 fully saturated rings. The summed E-state index contributed by atoms with van der Waals surface area (Å²) in [4.78, 5) is 18.1. The SMILES string of the molecule is C[C@@H](C(=O)NC1(C#N)CCCCC1)N(C)Cc1nccn1C(F)F. The van der Waals surface area contributed by atoms with E-state index in [1.807, 2.05) is 0 Å². The van der Waals surface area contributed by atoms with E-state index < -0.39 is 18.1 Å². The summed E-state index contributed by atoms with van der Waals surface area (Å²) >= 11 is 0. The number of carbonyl (C=O) groups excluding carboxylic acids is 1. The average Bonchev–Trinajstić information content (AvgIpc) is 3.03. The molecule has 24 heavy (non-hydrogen) atoms. The van der Waals surface area contributed by atoms with Crippen molar-refractivity contribution in [2.45, 2.75) is 63.7 Å². The lowest BCUT2D eigenvalue weighted by Gasteiger charge is -2.34. The maximum absolute atomic E-state index is 12.9. The van der Waals surface area contributed by atoms with Gasteiger partial charge >= 0.3 is 6.55 Å². The van der Waals surface area contributed by atoms with Gasteiger partial charge in [-0.2, -0.15) is 14.0 Å². The number of nitriles is 1. The number of hydrogen-bond donors (Lipinski definition) is 1. The lowest BCUT2D eigenvalue weighted by Crippen LogP contribution is -2.54. The lowest BCUT2D eigenvalue weighted by molar-refractivity contribution is -0.127. The van der Waals surface area contributed by atoms with Crippen LogP contribution in [0.25, 0.3) is 0 Å². The van der Waals surface area contributed by atoms with E-state index in [-0.39, 0.29) is 18.3 Å². The van der Waals surface area contributed by atoms with Gasteiger partial charge in [0.15, 0.2) is 0 Å². The zero-order valence-corrected chi connectivity index (χ0v) is 14.0. The molecule has 1 amide bonds. The molecule has 1 atom stereocenters. The molecule has 2 rings (SSSR count). The molecule has 8 heteroatoms. The molecular weight excluding hydrogens is 316 g/mol. The Morgan fingerprint density at radius 2 is 2.17 bits per heavy atom. The Bertz CT molecular complexity index is 604. The van der Waals surface area contributed by atoms with Crippen molar-refractivity contribution in [1.82, 2.24) is 19.8 Å². The highest BCUT2D eigenvalue weighted by Gasteiger charge is 2.35. The molecule has 0 bridgehead atoms. The van der Waals surface area contributed by atoms with Gasteiger partial charge in [-0.05, 0) is 26.8 Å². The molecule has 1 N–H and O–H groups in total. The first-order chi connectivity index (χ1) is 11.4. The van der Waals surface area contributed by atoms with E-state index >= 15 is 0 Å². The first-order valence-corrected chi connectivity index (χ1v) is 8.12. The summed E-state index contributed by atoms with van der Waals surface area (Å²) in [5.41, 5.74) is -0.800. The van der Waals surface area contributed by atoms with Crippen molar-refractivity contribution in [3.05, 3.63) is 18.2 Å². The normalized spacial score (nSPS) is 18.4. The number of nitrogens with zero attached hydrogens (tertiary/aromatic N) is 4. The molecule has 0 aromatic carbocycles. The molecule has 0 radical (unpaired) electrons. The largest absolute Gasteiger partial charge is 0.336 e. The zero-order chi connectivity index (χ0) is 17.7. The minimum absolute atomic E-state index is 0.117. The lowest BCUT2D eigenvalue weighted by atomic mass is 9.82. The molecule has 1 aromatic rings. The Kier molecular flexibility index (Phi) is 5.89. The van der Waals surface area contributed by atoms with Gasteiger partial charge < -0.3 is 5.32 Å². The van der Waals surface area contributed by atoms with Crippen molar-refractivity contribution in [3.63, 3.8) is 0 Å². The highest BCUT2D eigenvalue weighted by atomic mass is 19.3. The molecule has 0 aliphatic heterocycles. The topological polar surface area (TPSA) is 74.0 Å². The number of nitrogens with one attached hydrogen (secondary N) is 1. The third kappa shape index (κ3) is 4.09. The number of likely N-dealkylation sites (N-methyl/N-ethyl adjacent to an activating group) is 1. The quantitative estimate of drug-likeness (QED) is 0.864. The molecule has 6 nitrogen and oxygen atoms in total. The smallest absolute Gasteiger partial charge is 0.319 e. The monoisotopic (exact) mass is 339 g/mol. The van der Waals surface area contributed by atoms with Crippen LogP contribution in [0.5, 0.6) is 0 Å². The second-order valence-corrected chi connectivity index (χ2v) is 6.36. The van der Waals surface area contributed by atoms with Crippen LogP contribution >= 0.6 is 0 Å². The molecule has 1 aliphatic rings. The van der Waals surface area contributed by atoms with Crippen molar-refractivity contribution in [2.24, 2.45) is 0 Å². The summed E-state index contributed by atoms with van der Waals surface area (Å²) in [6.45, 7) is -0.853. The number of hydrogen-bond acceptors (Lipinski definition) is 4. The van der Waals surface area contributed by atoms with Gasteiger partial charge in [-0.15, -0.1) is 0 Å². The average molecular weight is 339 g/mol. The van der Waals surface area contributed by atoms with E-state index in [9.17, 15) is 18.8 Å². The van der Waals surface area contributed by atoms with E-state index in [4.69, 9.17) is 0 Å². The van der Waals surface area contributed by atoms with E-state index in [0.717, 1.165) is 23.8 Å². The molecule has 1 heterocycles. The second-order valence-electron chi connectivity index (χ2n) is 6.36. The predicted molar refractivity (Wildman–Crippen MR) is 84.0 cm³/mol. The van der Waals surface area contributed by atoms with Crippen LogP contribution < -0.4 is 5.32 Å². The number of rotatable bonds is 6. The standard InChI is InChI=1S/C16H23F2N5O/c1-12(14(24)21-16(11-19)6-4-3-5-7-16)22(2)10-13-20-8-9-23(13)15(17)18/h8-9,12,15H,3-7,10H2,1-2H3,(H,21,24)/t12-/m0/s1. The van der Waals surface area contributed by atoms with E-state index in [1.54, 1.807) is 18.9 Å². The third-order valence-electron chi connectivity index (χ3n) is 4.67. The Hall–Kier alpha value is -2.01. The fourth-order valence-electron chi connectivity index (χ4n) is 2.96. The Balaban J connectivity index is 1.99. The molecule has 0 saturated heterocycles. The van der Waals surface area contributed by atoms with E-state index in [0.29, 0.717) is 12.8 Å². The second kappa shape index (κ2) is 7.71. The highest BCUT2D eigenvalue weighted by Crippen LogP contribution is 2.27. The molecule has 1 aromatic heterocycles. The van der Waals surface area contributed by atoms with Crippen LogP contribution in [0.1, 0.15) is 51.4 Å². The van der Waals surface area contributed by atoms with Crippen molar-refractivity contribution in [3.8, 4) is 6.07 Å². The number of alkyl halides is 2. The van der Waals surface area contributed by atoms with Gasteiger partial charge in [0.1, 0.15) is 11.4 Å². The van der Waals surface area contributed by atoms with Gasteiger partial charge in [0, 0.05) is 12.4 Å². The van der Waals surface area contributed by atoms with Crippen LogP contribution in [0, 0.1) is 11.3 Å². The Morgan fingerprint density at radius 3 is 2.75 bits per heavy atom. The van der Waals surface area contributed by atoms with E-state index in [1.165, 1.54) is 12.4 Å². The number of carbonyl (C=O) groups is 1. The summed E-state index contributed by atoms with van der Waals surface area (Å²) in [5, 5.41) is 12.3. The maximum Gasteiger partial charge on any atom is 0.319 e. The molecular formula is C16H23F2N5O. The predicted octanol–water partition coefficient (Wildman–Crippen LogP) is 2.44. The molecule has 0 unspecified atom stereocenters.